The van der Waals surface area contributed by atoms with Gasteiger partial charge < -0.3 is 9.63 Å². The molecule has 3 rings (SSSR count). The molecule has 1 N–H and O–H groups in total. The minimum atomic E-state index is -0.362. The maximum atomic E-state index is 9.38. The van der Waals surface area contributed by atoms with Gasteiger partial charge in [-0.05, 0) is 6.92 Å². The molecule has 0 unspecified atom stereocenters. The molecular formula is C12H9N5O2S. The molecule has 0 saturated heterocycles. The van der Waals surface area contributed by atoms with Crippen molar-refractivity contribution in [3.8, 4) is 17.3 Å². The van der Waals surface area contributed by atoms with Gasteiger partial charge in [-0.1, -0.05) is 35.5 Å². The summed E-state index contributed by atoms with van der Waals surface area (Å²) in [6.07, 6.45) is 0. The van der Waals surface area contributed by atoms with E-state index < -0.39 is 0 Å². The van der Waals surface area contributed by atoms with Crippen molar-refractivity contribution in [2.24, 2.45) is 10.2 Å². The molecule has 100 valence electrons. The van der Waals surface area contributed by atoms with Gasteiger partial charge >= 0.3 is 5.95 Å². The molecule has 7 nitrogen and oxygen atoms in total. The first kappa shape index (κ1) is 12.4. The number of aromatic hydroxyl groups is 1. The van der Waals surface area contributed by atoms with E-state index in [9.17, 15) is 5.11 Å². The van der Waals surface area contributed by atoms with Crippen LogP contribution in [-0.4, -0.2) is 19.6 Å². The molecule has 0 amide bonds. The Balaban J connectivity index is 1.85. The van der Waals surface area contributed by atoms with Gasteiger partial charge in [0.2, 0.25) is 5.13 Å². The van der Waals surface area contributed by atoms with E-state index in [0.29, 0.717) is 16.6 Å². The Morgan fingerprint density at radius 2 is 2.00 bits per heavy atom. The van der Waals surface area contributed by atoms with E-state index in [-0.39, 0.29) is 11.6 Å². The summed E-state index contributed by atoms with van der Waals surface area (Å²) in [7, 11) is 0. The van der Waals surface area contributed by atoms with Crippen LogP contribution in [0.3, 0.4) is 0 Å². The molecule has 2 aromatic heterocycles. The third kappa shape index (κ3) is 2.41. The lowest BCUT2D eigenvalue weighted by Gasteiger charge is -1.91. The Morgan fingerprint density at radius 3 is 2.70 bits per heavy atom. The molecule has 0 fully saturated rings. The van der Waals surface area contributed by atoms with Crippen LogP contribution in [0.5, 0.6) is 5.95 Å². The summed E-state index contributed by atoms with van der Waals surface area (Å²) in [5.74, 6) is 0.231. The first-order chi connectivity index (χ1) is 9.74. The number of rotatable bonds is 3. The van der Waals surface area contributed by atoms with Gasteiger partial charge in [-0.3, -0.25) is 0 Å². The second kappa shape index (κ2) is 5.17. The van der Waals surface area contributed by atoms with E-state index in [1.807, 2.05) is 30.3 Å². The van der Waals surface area contributed by atoms with Gasteiger partial charge in [-0.25, -0.2) is 0 Å². The fraction of sp³-hybridized carbons (Fsp3) is 0.0833. The van der Waals surface area contributed by atoms with Crippen LogP contribution < -0.4 is 0 Å². The van der Waals surface area contributed by atoms with Crippen molar-refractivity contribution in [3.63, 3.8) is 0 Å². The van der Waals surface area contributed by atoms with Crippen LogP contribution in [0.25, 0.3) is 11.4 Å². The molecule has 3 aromatic rings. The summed E-state index contributed by atoms with van der Waals surface area (Å²) in [4.78, 5) is 4.25. The molecule has 0 aliphatic heterocycles. The largest absolute Gasteiger partial charge is 0.478 e. The van der Waals surface area contributed by atoms with Gasteiger partial charge in [0, 0.05) is 17.1 Å². The highest BCUT2D eigenvalue weighted by Crippen LogP contribution is 2.32. The number of aryl methyl sites for hydroxylation is 1. The van der Waals surface area contributed by atoms with Crippen LogP contribution in [-0.2, 0) is 0 Å². The zero-order valence-corrected chi connectivity index (χ0v) is 11.2. The monoisotopic (exact) mass is 287 g/mol. The maximum absolute atomic E-state index is 9.38. The van der Waals surface area contributed by atoms with Crippen LogP contribution in [0.2, 0.25) is 0 Å². The average molecular weight is 287 g/mol. The van der Waals surface area contributed by atoms with Crippen molar-refractivity contribution in [3.05, 3.63) is 36.0 Å². The molecule has 2 heterocycles. The van der Waals surface area contributed by atoms with E-state index in [4.69, 9.17) is 0 Å². The molecule has 20 heavy (non-hydrogen) atoms. The molecular weight excluding hydrogens is 278 g/mol. The highest BCUT2D eigenvalue weighted by molar-refractivity contribution is 7.09. The Kier molecular flexibility index (Phi) is 3.21. The summed E-state index contributed by atoms with van der Waals surface area (Å²) >= 11 is 1.12. The topological polar surface area (TPSA) is 96.8 Å². The van der Waals surface area contributed by atoms with Crippen LogP contribution in [0.4, 0.5) is 10.8 Å². The third-order valence-corrected chi connectivity index (χ3v) is 3.10. The molecule has 0 aliphatic rings. The Labute approximate surface area is 117 Å². The SMILES string of the molecule is Cc1noc(O)c1N=Nc1nc(-c2ccccc2)ns1. The molecule has 1 aromatic carbocycles. The minimum Gasteiger partial charge on any atom is -0.478 e. The summed E-state index contributed by atoms with van der Waals surface area (Å²) < 4.78 is 8.78. The quantitative estimate of drug-likeness (QED) is 0.742. The Bertz CT molecular complexity index is 731. The number of azo groups is 1. The summed E-state index contributed by atoms with van der Waals surface area (Å²) in [6.45, 7) is 1.66. The van der Waals surface area contributed by atoms with Crippen LogP contribution in [0, 0.1) is 6.92 Å². The number of benzene rings is 1. The van der Waals surface area contributed by atoms with Gasteiger partial charge in [0.05, 0.1) is 0 Å². The van der Waals surface area contributed by atoms with Gasteiger partial charge in [0.15, 0.2) is 11.5 Å². The molecule has 0 bridgehead atoms. The minimum absolute atomic E-state index is 0.196. The standard InChI is InChI=1S/C12H9N5O2S/c1-7-9(11(18)19-16-7)14-15-12-13-10(17-20-12)8-5-3-2-4-6-8/h2-6,18H,1H3. The second-order valence-electron chi connectivity index (χ2n) is 3.89. The fourth-order valence-corrected chi connectivity index (χ4v) is 2.04. The first-order valence-corrected chi connectivity index (χ1v) is 6.47. The lowest BCUT2D eigenvalue weighted by molar-refractivity contribution is 0.277. The van der Waals surface area contributed by atoms with Crippen LogP contribution in [0.1, 0.15) is 5.69 Å². The van der Waals surface area contributed by atoms with Crippen molar-refractivity contribution in [2.75, 3.05) is 0 Å². The van der Waals surface area contributed by atoms with Gasteiger partial charge in [0.1, 0.15) is 5.69 Å². The predicted molar refractivity (Wildman–Crippen MR) is 72.4 cm³/mol. The fourth-order valence-electron chi connectivity index (χ4n) is 1.52. The average Bonchev–Trinajstić information content (AvgIpc) is 3.06. The normalized spacial score (nSPS) is 11.2. The number of hydrogen-bond acceptors (Lipinski definition) is 8. The molecule has 8 heteroatoms. The smallest absolute Gasteiger partial charge is 0.337 e. The predicted octanol–water partition coefficient (Wildman–Crippen LogP) is 3.62. The van der Waals surface area contributed by atoms with Crippen molar-refractivity contribution < 1.29 is 9.63 Å². The van der Waals surface area contributed by atoms with Crippen molar-refractivity contribution in [1.82, 2.24) is 14.5 Å². The van der Waals surface area contributed by atoms with E-state index in [2.05, 4.69) is 29.3 Å². The second-order valence-corrected chi connectivity index (χ2v) is 4.62. The van der Waals surface area contributed by atoms with E-state index in [1.54, 1.807) is 6.92 Å². The molecule has 0 radical (unpaired) electrons. The van der Waals surface area contributed by atoms with Crippen molar-refractivity contribution >= 4 is 22.4 Å². The summed E-state index contributed by atoms with van der Waals surface area (Å²) in [5, 5.41) is 21.1. The van der Waals surface area contributed by atoms with Gasteiger partial charge in [-0.15, -0.1) is 10.2 Å². The Morgan fingerprint density at radius 1 is 1.20 bits per heavy atom. The third-order valence-electron chi connectivity index (χ3n) is 2.50. The van der Waals surface area contributed by atoms with Crippen molar-refractivity contribution in [1.29, 1.82) is 0 Å². The van der Waals surface area contributed by atoms with E-state index >= 15 is 0 Å². The van der Waals surface area contributed by atoms with Gasteiger partial charge in [-0.2, -0.15) is 9.36 Å². The molecule has 0 saturated carbocycles. The zero-order valence-electron chi connectivity index (χ0n) is 10.4. The van der Waals surface area contributed by atoms with Crippen LogP contribution in [0.15, 0.2) is 45.1 Å². The lowest BCUT2D eigenvalue weighted by Crippen LogP contribution is -1.77. The number of aromatic nitrogens is 3. The Hall–Kier alpha value is -2.61. The summed E-state index contributed by atoms with van der Waals surface area (Å²) in [6, 6.07) is 9.58. The highest BCUT2D eigenvalue weighted by Gasteiger charge is 2.11. The molecule has 0 aliphatic carbocycles. The first-order valence-electron chi connectivity index (χ1n) is 5.70. The van der Waals surface area contributed by atoms with E-state index in [0.717, 1.165) is 17.1 Å². The maximum Gasteiger partial charge on any atom is 0.337 e. The molecule has 0 spiro atoms. The van der Waals surface area contributed by atoms with E-state index in [1.165, 1.54) is 0 Å². The van der Waals surface area contributed by atoms with Gasteiger partial charge in [0.25, 0.3) is 0 Å². The lowest BCUT2D eigenvalue weighted by atomic mass is 10.2. The highest BCUT2D eigenvalue weighted by atomic mass is 32.1. The zero-order chi connectivity index (χ0) is 13.9. The van der Waals surface area contributed by atoms with Crippen molar-refractivity contribution in [2.45, 2.75) is 6.92 Å². The number of nitrogens with zero attached hydrogens (tertiary/aromatic N) is 5. The van der Waals surface area contributed by atoms with Crippen LogP contribution >= 0.6 is 11.5 Å². The molecule has 0 atom stereocenters. The number of hydrogen-bond donors (Lipinski definition) is 1. The summed E-state index contributed by atoms with van der Waals surface area (Å²) in [5.41, 5.74) is 1.56.